The minimum absolute atomic E-state index is 0.0648. The van der Waals surface area contributed by atoms with Crippen molar-refractivity contribution in [1.29, 1.82) is 0 Å². The zero-order valence-corrected chi connectivity index (χ0v) is 18.4. The van der Waals surface area contributed by atoms with Gasteiger partial charge in [0.2, 0.25) is 5.91 Å². The molecule has 0 saturated carbocycles. The molecule has 0 spiro atoms. The molecule has 1 aliphatic rings. The summed E-state index contributed by atoms with van der Waals surface area (Å²) in [5.41, 5.74) is 3.25. The molecular weight excluding hydrogens is 433 g/mol. The number of nitrogens with zero attached hydrogens (tertiary/aromatic N) is 3. The lowest BCUT2D eigenvalue weighted by molar-refractivity contribution is 0.0924. The highest BCUT2D eigenvalue weighted by atomic mass is 35.5. The molecule has 1 fully saturated rings. The molecule has 0 aliphatic carbocycles. The predicted molar refractivity (Wildman–Crippen MR) is 123 cm³/mol. The van der Waals surface area contributed by atoms with Crippen molar-refractivity contribution in [2.45, 2.75) is 18.4 Å². The number of piperidine rings is 1. The van der Waals surface area contributed by atoms with E-state index >= 15 is 0 Å². The van der Waals surface area contributed by atoms with Crippen LogP contribution in [0.3, 0.4) is 0 Å². The normalized spacial score (nSPS) is 18.4. The van der Waals surface area contributed by atoms with Crippen LogP contribution in [0.2, 0.25) is 10.0 Å². The molecule has 1 aromatic heterocycles. The molecule has 31 heavy (non-hydrogen) atoms. The van der Waals surface area contributed by atoms with E-state index in [9.17, 15) is 4.79 Å². The van der Waals surface area contributed by atoms with Crippen molar-refractivity contribution in [1.82, 2.24) is 20.4 Å². The van der Waals surface area contributed by atoms with Crippen molar-refractivity contribution in [2.75, 3.05) is 13.1 Å². The van der Waals surface area contributed by atoms with E-state index in [4.69, 9.17) is 29.8 Å². The molecule has 3 aromatic rings. The Hall–Kier alpha value is -2.85. The number of aromatic nitrogens is 2. The van der Waals surface area contributed by atoms with E-state index in [-0.39, 0.29) is 17.9 Å². The minimum Gasteiger partial charge on any atom is -0.347 e. The van der Waals surface area contributed by atoms with E-state index in [2.05, 4.69) is 20.6 Å². The highest BCUT2D eigenvalue weighted by Crippen LogP contribution is 2.35. The van der Waals surface area contributed by atoms with Crippen molar-refractivity contribution in [2.24, 2.45) is 7.05 Å². The van der Waals surface area contributed by atoms with Crippen LogP contribution in [-0.2, 0) is 7.05 Å². The Balaban J connectivity index is 1.58. The lowest BCUT2D eigenvalue weighted by atomic mass is 9.86. The number of amides is 1. The van der Waals surface area contributed by atoms with Gasteiger partial charge in [-0.3, -0.25) is 9.48 Å². The standard InChI is InChI=1S/C23H21Cl2N5O/c1-26-20-11-15(5-8-18(20)22-19(25)12-28-30(22)2)23(31)29-21-13-27-10-9-17(21)14-3-6-16(24)7-4-14/h3-8,11-12,17,21,27H,9-10,13H2,2H3,(H,29,31)/t17-,21+/m0/s1. The third kappa shape index (κ3) is 4.45. The van der Waals surface area contributed by atoms with Crippen molar-refractivity contribution in [3.8, 4) is 11.3 Å². The zero-order valence-electron chi connectivity index (χ0n) is 16.9. The summed E-state index contributed by atoms with van der Waals surface area (Å²) in [4.78, 5) is 16.7. The summed E-state index contributed by atoms with van der Waals surface area (Å²) in [6, 6.07) is 12.8. The molecule has 158 valence electrons. The molecule has 8 heteroatoms. The Morgan fingerprint density at radius 2 is 2.03 bits per heavy atom. The average molecular weight is 454 g/mol. The number of benzene rings is 2. The molecule has 6 nitrogen and oxygen atoms in total. The Morgan fingerprint density at radius 3 is 2.71 bits per heavy atom. The number of halogens is 2. The van der Waals surface area contributed by atoms with Crippen molar-refractivity contribution in [3.63, 3.8) is 0 Å². The highest BCUT2D eigenvalue weighted by molar-refractivity contribution is 6.33. The first-order valence-electron chi connectivity index (χ1n) is 9.94. The van der Waals surface area contributed by atoms with Crippen molar-refractivity contribution >= 4 is 34.8 Å². The number of hydrogen-bond donors (Lipinski definition) is 2. The molecular formula is C23H21Cl2N5O. The molecule has 0 bridgehead atoms. The summed E-state index contributed by atoms with van der Waals surface area (Å²) in [5.74, 6) is -0.0180. The quantitative estimate of drug-likeness (QED) is 0.556. The fourth-order valence-electron chi connectivity index (χ4n) is 4.05. The summed E-state index contributed by atoms with van der Waals surface area (Å²) >= 11 is 12.3. The molecule has 1 amide bonds. The van der Waals surface area contributed by atoms with Gasteiger partial charge in [-0.15, -0.1) is 0 Å². The summed E-state index contributed by atoms with van der Waals surface area (Å²) in [7, 11) is 1.77. The van der Waals surface area contributed by atoms with Crippen LogP contribution in [0.4, 0.5) is 5.69 Å². The maximum Gasteiger partial charge on any atom is 0.250 e. The minimum atomic E-state index is -0.208. The summed E-state index contributed by atoms with van der Waals surface area (Å²) < 4.78 is 1.62. The second-order valence-corrected chi connectivity index (χ2v) is 8.38. The zero-order chi connectivity index (χ0) is 22.0. The third-order valence-electron chi connectivity index (χ3n) is 5.63. The Bertz CT molecular complexity index is 1130. The molecule has 0 unspecified atom stereocenters. The molecule has 2 heterocycles. The van der Waals surface area contributed by atoms with Gasteiger partial charge in [0.25, 0.3) is 0 Å². The first-order chi connectivity index (χ1) is 15.0. The number of carbonyl (C=O) groups excluding carboxylic acids is 1. The smallest absolute Gasteiger partial charge is 0.250 e. The van der Waals surface area contributed by atoms with Crippen LogP contribution in [0.1, 0.15) is 28.3 Å². The topological polar surface area (TPSA) is 63.3 Å². The van der Waals surface area contributed by atoms with Crippen LogP contribution in [0, 0.1) is 6.57 Å². The van der Waals surface area contributed by atoms with Gasteiger partial charge in [-0.05, 0) is 36.7 Å². The number of nitrogens with one attached hydrogen (secondary N) is 2. The first kappa shape index (κ1) is 21.4. The predicted octanol–water partition coefficient (Wildman–Crippen LogP) is 4.82. The number of hydrogen-bond acceptors (Lipinski definition) is 3. The van der Waals surface area contributed by atoms with E-state index in [0.717, 1.165) is 18.5 Å². The Labute approximate surface area is 191 Å². The van der Waals surface area contributed by atoms with Gasteiger partial charge >= 0.3 is 0 Å². The maximum absolute atomic E-state index is 13.0. The Morgan fingerprint density at radius 1 is 1.26 bits per heavy atom. The van der Waals surface area contributed by atoms with Gasteiger partial charge in [-0.25, -0.2) is 4.85 Å². The monoisotopic (exact) mass is 453 g/mol. The van der Waals surface area contributed by atoms with E-state index in [1.165, 1.54) is 6.20 Å². The van der Waals surface area contributed by atoms with Gasteiger partial charge < -0.3 is 10.6 Å². The molecule has 1 aliphatic heterocycles. The molecule has 2 N–H and O–H groups in total. The number of rotatable bonds is 4. The van der Waals surface area contributed by atoms with E-state index in [1.807, 2.05) is 24.3 Å². The van der Waals surface area contributed by atoms with Gasteiger partial charge in [0, 0.05) is 41.7 Å². The van der Waals surface area contributed by atoms with Crippen LogP contribution in [0.5, 0.6) is 0 Å². The highest BCUT2D eigenvalue weighted by Gasteiger charge is 2.28. The van der Waals surface area contributed by atoms with E-state index in [0.29, 0.717) is 39.1 Å². The SMILES string of the molecule is [C-]#[N+]c1cc(C(=O)N[C@@H]2CNCC[C@H]2c2ccc(Cl)cc2)ccc1-c1c(Cl)cnn1C. The van der Waals surface area contributed by atoms with Gasteiger partial charge in [0.15, 0.2) is 5.69 Å². The maximum atomic E-state index is 13.0. The fraction of sp³-hybridized carbons (Fsp3) is 0.261. The molecule has 0 radical (unpaired) electrons. The van der Waals surface area contributed by atoms with Gasteiger partial charge in [0.1, 0.15) is 0 Å². The van der Waals surface area contributed by atoms with Crippen LogP contribution in [0.25, 0.3) is 16.1 Å². The molecule has 2 aromatic carbocycles. The second-order valence-electron chi connectivity index (χ2n) is 7.54. The summed E-state index contributed by atoms with van der Waals surface area (Å²) in [6.07, 6.45) is 2.45. The second kappa shape index (κ2) is 9.11. The van der Waals surface area contributed by atoms with E-state index < -0.39 is 0 Å². The van der Waals surface area contributed by atoms with Crippen LogP contribution < -0.4 is 10.6 Å². The lowest BCUT2D eigenvalue weighted by Crippen LogP contribution is -2.50. The van der Waals surface area contributed by atoms with Crippen molar-refractivity contribution in [3.05, 3.63) is 81.3 Å². The van der Waals surface area contributed by atoms with E-state index in [1.54, 1.807) is 29.9 Å². The largest absolute Gasteiger partial charge is 0.347 e. The van der Waals surface area contributed by atoms with Gasteiger partial charge in [-0.1, -0.05) is 47.5 Å². The number of carbonyl (C=O) groups is 1. The van der Waals surface area contributed by atoms with Gasteiger partial charge in [-0.2, -0.15) is 5.10 Å². The average Bonchev–Trinajstić information content (AvgIpc) is 3.12. The third-order valence-corrected chi connectivity index (χ3v) is 6.15. The molecule has 2 atom stereocenters. The number of aryl methyl sites for hydroxylation is 1. The fourth-order valence-corrected chi connectivity index (χ4v) is 4.44. The first-order valence-corrected chi connectivity index (χ1v) is 10.7. The summed E-state index contributed by atoms with van der Waals surface area (Å²) in [5, 5.41) is 11.8. The van der Waals surface area contributed by atoms with Crippen LogP contribution in [0.15, 0.2) is 48.7 Å². The van der Waals surface area contributed by atoms with Crippen molar-refractivity contribution < 1.29 is 4.79 Å². The Kier molecular flexibility index (Phi) is 6.28. The lowest BCUT2D eigenvalue weighted by Gasteiger charge is -2.33. The summed E-state index contributed by atoms with van der Waals surface area (Å²) in [6.45, 7) is 9.15. The van der Waals surface area contributed by atoms with Crippen LogP contribution >= 0.6 is 23.2 Å². The van der Waals surface area contributed by atoms with Crippen LogP contribution in [-0.4, -0.2) is 34.8 Å². The molecule has 4 rings (SSSR count). The molecule has 1 saturated heterocycles. The van der Waals surface area contributed by atoms with Gasteiger partial charge in [0.05, 0.1) is 23.5 Å².